The van der Waals surface area contributed by atoms with Gasteiger partial charge in [0.25, 0.3) is 5.91 Å². The number of carbonyl (C=O) groups excluding carboxylic acids is 1. The minimum Gasteiger partial charge on any atom is -0.366 e. The van der Waals surface area contributed by atoms with Gasteiger partial charge in [0.15, 0.2) is 0 Å². The first-order valence-electron chi connectivity index (χ1n) is 3.04. The third-order valence-electron chi connectivity index (χ3n) is 1.25. The van der Waals surface area contributed by atoms with Crippen molar-refractivity contribution in [3.63, 3.8) is 0 Å². The van der Waals surface area contributed by atoms with Crippen LogP contribution in [-0.2, 0) is 0 Å². The van der Waals surface area contributed by atoms with Gasteiger partial charge in [-0.05, 0) is 19.1 Å². The van der Waals surface area contributed by atoms with Gasteiger partial charge in [-0.2, -0.15) is 0 Å². The lowest BCUT2D eigenvalue weighted by atomic mass is 10.2. The number of halogens is 1. The molecule has 0 saturated heterocycles. The summed E-state index contributed by atoms with van der Waals surface area (Å²) in [5, 5.41) is 0.164. The number of nitrogens with two attached hydrogens (primary N) is 1. The Bertz CT molecular complexity index is 298. The smallest absolute Gasteiger partial charge is 0.251 e. The minimum absolute atomic E-state index is 0.164. The van der Waals surface area contributed by atoms with E-state index < -0.39 is 5.91 Å². The van der Waals surface area contributed by atoms with E-state index in [2.05, 4.69) is 4.98 Å². The van der Waals surface area contributed by atoms with Gasteiger partial charge in [-0.25, -0.2) is 4.98 Å². The van der Waals surface area contributed by atoms with Crippen LogP contribution in [0.5, 0.6) is 0 Å². The van der Waals surface area contributed by atoms with Crippen molar-refractivity contribution in [2.75, 3.05) is 0 Å². The predicted molar refractivity (Wildman–Crippen MR) is 42.5 cm³/mol. The number of carbonyl (C=O) groups is 1. The lowest BCUT2D eigenvalue weighted by molar-refractivity contribution is 0.1000. The van der Waals surface area contributed by atoms with Gasteiger partial charge in [-0.1, -0.05) is 11.6 Å². The summed E-state index contributed by atoms with van der Waals surface area (Å²) in [7, 11) is 0. The molecular formula is C7H7ClN2O. The second kappa shape index (κ2) is 2.88. The first-order valence-corrected chi connectivity index (χ1v) is 3.42. The van der Waals surface area contributed by atoms with Crippen molar-refractivity contribution in [1.82, 2.24) is 4.98 Å². The lowest BCUT2D eigenvalue weighted by Gasteiger charge is -1.98. The number of aryl methyl sites for hydroxylation is 1. The quantitative estimate of drug-likeness (QED) is 0.643. The number of hydrogen-bond donors (Lipinski definition) is 1. The molecule has 1 aromatic heterocycles. The summed E-state index contributed by atoms with van der Waals surface area (Å²) in [6, 6.07) is 3.25. The number of rotatable bonds is 1. The molecule has 1 rings (SSSR count). The molecule has 1 aromatic rings. The zero-order chi connectivity index (χ0) is 8.43. The van der Waals surface area contributed by atoms with E-state index in [1.54, 1.807) is 19.1 Å². The fourth-order valence-electron chi connectivity index (χ4n) is 0.709. The highest BCUT2D eigenvalue weighted by atomic mass is 35.5. The molecule has 3 nitrogen and oxygen atoms in total. The monoisotopic (exact) mass is 170 g/mol. The number of pyridine rings is 1. The molecule has 1 amide bonds. The summed E-state index contributed by atoms with van der Waals surface area (Å²) in [5.41, 5.74) is 6.03. The van der Waals surface area contributed by atoms with E-state index in [-0.39, 0.29) is 10.7 Å². The Morgan fingerprint density at radius 3 is 2.73 bits per heavy atom. The largest absolute Gasteiger partial charge is 0.366 e. The number of aromatic nitrogens is 1. The average molecular weight is 171 g/mol. The fourth-order valence-corrected chi connectivity index (χ4v) is 0.998. The molecule has 0 spiro atoms. The van der Waals surface area contributed by atoms with Gasteiger partial charge in [0.05, 0.1) is 5.56 Å². The average Bonchev–Trinajstić information content (AvgIpc) is 1.85. The van der Waals surface area contributed by atoms with Gasteiger partial charge in [0.2, 0.25) is 0 Å². The number of amides is 1. The normalized spacial score (nSPS) is 9.64. The second-order valence-corrected chi connectivity index (χ2v) is 2.51. The van der Waals surface area contributed by atoms with Crippen molar-refractivity contribution in [3.8, 4) is 0 Å². The van der Waals surface area contributed by atoms with E-state index in [1.165, 1.54) is 0 Å². The van der Waals surface area contributed by atoms with Crippen LogP contribution in [0.1, 0.15) is 16.1 Å². The molecule has 11 heavy (non-hydrogen) atoms. The molecule has 0 aliphatic carbocycles. The van der Waals surface area contributed by atoms with Crippen LogP contribution in [0.25, 0.3) is 0 Å². The number of nitrogens with zero attached hydrogens (tertiary/aromatic N) is 1. The van der Waals surface area contributed by atoms with E-state index in [4.69, 9.17) is 17.3 Å². The van der Waals surface area contributed by atoms with Crippen molar-refractivity contribution in [2.45, 2.75) is 6.92 Å². The topological polar surface area (TPSA) is 56.0 Å². The SMILES string of the molecule is Cc1ccc(C(N)=O)c(Cl)n1. The molecular weight excluding hydrogens is 164 g/mol. The van der Waals surface area contributed by atoms with Gasteiger partial charge in [0, 0.05) is 5.69 Å². The van der Waals surface area contributed by atoms with Crippen LogP contribution in [0.2, 0.25) is 5.15 Å². The predicted octanol–water partition coefficient (Wildman–Crippen LogP) is 1.14. The molecule has 0 bridgehead atoms. The second-order valence-electron chi connectivity index (χ2n) is 2.16. The maximum Gasteiger partial charge on any atom is 0.251 e. The van der Waals surface area contributed by atoms with Crippen molar-refractivity contribution in [1.29, 1.82) is 0 Å². The minimum atomic E-state index is -0.553. The highest BCUT2D eigenvalue weighted by molar-refractivity contribution is 6.32. The van der Waals surface area contributed by atoms with E-state index >= 15 is 0 Å². The van der Waals surface area contributed by atoms with Crippen molar-refractivity contribution in [3.05, 3.63) is 28.5 Å². The van der Waals surface area contributed by atoms with Gasteiger partial charge in [-0.15, -0.1) is 0 Å². The van der Waals surface area contributed by atoms with Crippen LogP contribution in [0.15, 0.2) is 12.1 Å². The Balaban J connectivity index is 3.20. The Hall–Kier alpha value is -1.09. The lowest BCUT2D eigenvalue weighted by Crippen LogP contribution is -2.12. The van der Waals surface area contributed by atoms with Crippen LogP contribution in [0.3, 0.4) is 0 Å². The van der Waals surface area contributed by atoms with Gasteiger partial charge in [-0.3, -0.25) is 4.79 Å². The van der Waals surface area contributed by atoms with Crippen molar-refractivity contribution < 1.29 is 4.79 Å². The molecule has 0 radical (unpaired) electrons. The summed E-state index contributed by atoms with van der Waals surface area (Å²) < 4.78 is 0. The molecule has 0 aromatic carbocycles. The number of hydrogen-bond acceptors (Lipinski definition) is 2. The first-order chi connectivity index (χ1) is 5.11. The molecule has 0 aliphatic rings. The van der Waals surface area contributed by atoms with Gasteiger partial charge >= 0.3 is 0 Å². The summed E-state index contributed by atoms with van der Waals surface area (Å²) >= 11 is 5.61. The van der Waals surface area contributed by atoms with Crippen LogP contribution < -0.4 is 5.73 Å². The van der Waals surface area contributed by atoms with E-state index in [0.29, 0.717) is 0 Å². The molecule has 0 aliphatic heterocycles. The Morgan fingerprint density at radius 2 is 2.27 bits per heavy atom. The summed E-state index contributed by atoms with van der Waals surface area (Å²) in [4.78, 5) is 14.5. The number of primary amides is 1. The molecule has 0 fully saturated rings. The highest BCUT2D eigenvalue weighted by Crippen LogP contribution is 2.12. The van der Waals surface area contributed by atoms with E-state index in [1.807, 2.05) is 0 Å². The zero-order valence-electron chi connectivity index (χ0n) is 5.97. The molecule has 1 heterocycles. The molecule has 58 valence electrons. The van der Waals surface area contributed by atoms with Crippen LogP contribution >= 0.6 is 11.6 Å². The zero-order valence-corrected chi connectivity index (χ0v) is 6.72. The summed E-state index contributed by atoms with van der Waals surface area (Å²) in [6.45, 7) is 1.79. The first kappa shape index (κ1) is 8.01. The maximum atomic E-state index is 10.6. The molecule has 0 saturated carbocycles. The van der Waals surface area contributed by atoms with Gasteiger partial charge in [0.1, 0.15) is 5.15 Å². The fraction of sp³-hybridized carbons (Fsp3) is 0.143. The van der Waals surface area contributed by atoms with Crippen LogP contribution in [-0.4, -0.2) is 10.9 Å². The van der Waals surface area contributed by atoms with E-state index in [0.717, 1.165) is 5.69 Å². The molecule has 2 N–H and O–H groups in total. The third kappa shape index (κ3) is 1.68. The summed E-state index contributed by atoms with van der Waals surface area (Å²) in [6.07, 6.45) is 0. The Labute approximate surface area is 69.2 Å². The highest BCUT2D eigenvalue weighted by Gasteiger charge is 2.06. The van der Waals surface area contributed by atoms with E-state index in [9.17, 15) is 4.79 Å². The van der Waals surface area contributed by atoms with Crippen molar-refractivity contribution >= 4 is 17.5 Å². The van der Waals surface area contributed by atoms with Gasteiger partial charge < -0.3 is 5.73 Å². The molecule has 4 heteroatoms. The Morgan fingerprint density at radius 1 is 1.64 bits per heavy atom. The van der Waals surface area contributed by atoms with Crippen LogP contribution in [0, 0.1) is 6.92 Å². The maximum absolute atomic E-state index is 10.6. The van der Waals surface area contributed by atoms with Crippen LogP contribution in [0.4, 0.5) is 0 Å². The molecule has 0 unspecified atom stereocenters. The molecule has 0 atom stereocenters. The standard InChI is InChI=1S/C7H7ClN2O/c1-4-2-3-5(7(9)11)6(8)10-4/h2-3H,1H3,(H2,9,11). The van der Waals surface area contributed by atoms with Crippen molar-refractivity contribution in [2.24, 2.45) is 5.73 Å². The third-order valence-corrected chi connectivity index (χ3v) is 1.54. The summed E-state index contributed by atoms with van der Waals surface area (Å²) in [5.74, 6) is -0.553. The Kier molecular flexibility index (Phi) is 2.10.